The summed E-state index contributed by atoms with van der Waals surface area (Å²) in [5, 5.41) is 12.0. The van der Waals surface area contributed by atoms with Gasteiger partial charge in [-0.3, -0.25) is 4.98 Å². The molecule has 0 saturated heterocycles. The summed E-state index contributed by atoms with van der Waals surface area (Å²) in [7, 11) is 0. The van der Waals surface area contributed by atoms with E-state index in [1.807, 2.05) is 13.8 Å². The van der Waals surface area contributed by atoms with E-state index in [1.54, 1.807) is 6.20 Å². The predicted octanol–water partition coefficient (Wildman–Crippen LogP) is 1.52. The molecule has 0 aromatic carbocycles. The minimum absolute atomic E-state index is 0.238. The molecule has 0 amide bonds. The zero-order valence-corrected chi connectivity index (χ0v) is 9.62. The van der Waals surface area contributed by atoms with Crippen molar-refractivity contribution in [2.75, 3.05) is 18.5 Å². The van der Waals surface area contributed by atoms with Crippen molar-refractivity contribution in [3.63, 3.8) is 0 Å². The van der Waals surface area contributed by atoms with Gasteiger partial charge < -0.3 is 10.4 Å². The van der Waals surface area contributed by atoms with Crippen molar-refractivity contribution < 1.29 is 5.11 Å². The molecule has 15 heavy (non-hydrogen) atoms. The van der Waals surface area contributed by atoms with Gasteiger partial charge in [0.15, 0.2) is 0 Å². The van der Waals surface area contributed by atoms with Crippen LogP contribution in [0, 0.1) is 19.8 Å². The lowest BCUT2D eigenvalue weighted by molar-refractivity contribution is 0.266. The summed E-state index contributed by atoms with van der Waals surface area (Å²) in [6, 6.07) is 0. The number of aliphatic hydroxyl groups excluding tert-OH is 1. The summed E-state index contributed by atoms with van der Waals surface area (Å²) in [6.07, 6.45) is 2.55. The van der Waals surface area contributed by atoms with E-state index >= 15 is 0 Å². The monoisotopic (exact) mass is 209 g/mol. The lowest BCUT2D eigenvalue weighted by Gasteiger charge is -2.11. The second-order valence-electron chi connectivity index (χ2n) is 3.92. The molecular weight excluding hydrogens is 190 g/mol. The Morgan fingerprint density at radius 2 is 2.13 bits per heavy atom. The number of rotatable bonds is 5. The van der Waals surface area contributed by atoms with Crippen LogP contribution >= 0.6 is 0 Å². The molecule has 0 aliphatic carbocycles. The van der Waals surface area contributed by atoms with Gasteiger partial charge in [-0.15, -0.1) is 0 Å². The van der Waals surface area contributed by atoms with E-state index in [2.05, 4.69) is 22.2 Å². The summed E-state index contributed by atoms with van der Waals surface area (Å²) < 4.78 is 0. The number of aliphatic hydroxyl groups is 1. The van der Waals surface area contributed by atoms with Crippen LogP contribution in [0.4, 0.5) is 5.82 Å². The molecular formula is C11H19N3O. The number of anilines is 1. The Hall–Kier alpha value is -1.16. The molecule has 84 valence electrons. The fourth-order valence-electron chi connectivity index (χ4n) is 1.23. The van der Waals surface area contributed by atoms with E-state index in [4.69, 9.17) is 5.11 Å². The quantitative estimate of drug-likeness (QED) is 0.772. The van der Waals surface area contributed by atoms with E-state index in [-0.39, 0.29) is 6.61 Å². The Morgan fingerprint density at radius 1 is 1.40 bits per heavy atom. The third-order valence-electron chi connectivity index (χ3n) is 2.45. The lowest BCUT2D eigenvalue weighted by Crippen LogP contribution is -2.14. The Labute approximate surface area is 90.8 Å². The second kappa shape index (κ2) is 5.66. The first-order chi connectivity index (χ1) is 7.13. The van der Waals surface area contributed by atoms with E-state index in [0.29, 0.717) is 5.92 Å². The van der Waals surface area contributed by atoms with E-state index < -0.39 is 0 Å². The first-order valence-electron chi connectivity index (χ1n) is 5.28. The fourth-order valence-corrected chi connectivity index (χ4v) is 1.23. The number of hydrogen-bond donors (Lipinski definition) is 2. The SMILES string of the molecule is Cc1ncc(NCC(C)CCO)nc1C. The molecule has 4 nitrogen and oxygen atoms in total. The average Bonchev–Trinajstić information content (AvgIpc) is 2.20. The maximum absolute atomic E-state index is 8.76. The highest BCUT2D eigenvalue weighted by atomic mass is 16.3. The highest BCUT2D eigenvalue weighted by molar-refractivity contribution is 5.33. The molecule has 1 heterocycles. The lowest BCUT2D eigenvalue weighted by atomic mass is 10.1. The predicted molar refractivity (Wildman–Crippen MR) is 60.9 cm³/mol. The van der Waals surface area contributed by atoms with Gasteiger partial charge in [0.2, 0.25) is 0 Å². The smallest absolute Gasteiger partial charge is 0.144 e. The maximum Gasteiger partial charge on any atom is 0.144 e. The molecule has 1 atom stereocenters. The van der Waals surface area contributed by atoms with Crippen molar-refractivity contribution >= 4 is 5.82 Å². The zero-order valence-electron chi connectivity index (χ0n) is 9.62. The first-order valence-corrected chi connectivity index (χ1v) is 5.28. The second-order valence-corrected chi connectivity index (χ2v) is 3.92. The van der Waals surface area contributed by atoms with Crippen LogP contribution in [0.2, 0.25) is 0 Å². The van der Waals surface area contributed by atoms with Gasteiger partial charge in [0.05, 0.1) is 17.6 Å². The van der Waals surface area contributed by atoms with Gasteiger partial charge in [0.1, 0.15) is 5.82 Å². The Morgan fingerprint density at radius 3 is 2.73 bits per heavy atom. The topological polar surface area (TPSA) is 58.0 Å². The number of hydrogen-bond acceptors (Lipinski definition) is 4. The van der Waals surface area contributed by atoms with Gasteiger partial charge in [-0.05, 0) is 26.2 Å². The normalized spacial score (nSPS) is 12.5. The van der Waals surface area contributed by atoms with Crippen molar-refractivity contribution in [3.05, 3.63) is 17.6 Å². The van der Waals surface area contributed by atoms with Crippen LogP contribution in [-0.2, 0) is 0 Å². The average molecular weight is 209 g/mol. The molecule has 1 unspecified atom stereocenters. The highest BCUT2D eigenvalue weighted by Crippen LogP contribution is 2.07. The van der Waals surface area contributed by atoms with Crippen LogP contribution in [0.1, 0.15) is 24.7 Å². The van der Waals surface area contributed by atoms with Crippen LogP contribution in [0.25, 0.3) is 0 Å². The standard InChI is InChI=1S/C11H19N3O/c1-8(4-5-15)6-13-11-7-12-9(2)10(3)14-11/h7-8,15H,4-6H2,1-3H3,(H,13,14). The fraction of sp³-hybridized carbons (Fsp3) is 0.636. The van der Waals surface area contributed by atoms with Gasteiger partial charge in [0.25, 0.3) is 0 Å². The van der Waals surface area contributed by atoms with Crippen molar-refractivity contribution in [1.29, 1.82) is 0 Å². The van der Waals surface area contributed by atoms with Gasteiger partial charge >= 0.3 is 0 Å². The van der Waals surface area contributed by atoms with E-state index in [0.717, 1.165) is 30.2 Å². The number of nitrogens with one attached hydrogen (secondary N) is 1. The van der Waals surface area contributed by atoms with Crippen molar-refractivity contribution in [1.82, 2.24) is 9.97 Å². The molecule has 0 fully saturated rings. The van der Waals surface area contributed by atoms with Gasteiger partial charge in [-0.2, -0.15) is 0 Å². The van der Waals surface area contributed by atoms with Crippen LogP contribution in [0.15, 0.2) is 6.20 Å². The molecule has 1 rings (SSSR count). The Balaban J connectivity index is 2.47. The summed E-state index contributed by atoms with van der Waals surface area (Å²) >= 11 is 0. The van der Waals surface area contributed by atoms with Crippen LogP contribution in [0.3, 0.4) is 0 Å². The third-order valence-corrected chi connectivity index (χ3v) is 2.45. The molecule has 2 N–H and O–H groups in total. The molecule has 1 aromatic heterocycles. The summed E-state index contributed by atoms with van der Waals surface area (Å²) in [6.45, 7) is 7.04. The van der Waals surface area contributed by atoms with E-state index in [1.165, 1.54) is 0 Å². The van der Waals surface area contributed by atoms with Crippen molar-refractivity contribution in [2.24, 2.45) is 5.92 Å². The molecule has 0 radical (unpaired) electrons. The summed E-state index contributed by atoms with van der Waals surface area (Å²) in [5.41, 5.74) is 1.92. The van der Waals surface area contributed by atoms with Crippen molar-refractivity contribution in [3.8, 4) is 0 Å². The zero-order chi connectivity index (χ0) is 11.3. The molecule has 0 spiro atoms. The highest BCUT2D eigenvalue weighted by Gasteiger charge is 2.03. The molecule has 0 aliphatic heterocycles. The third kappa shape index (κ3) is 3.83. The van der Waals surface area contributed by atoms with Crippen molar-refractivity contribution in [2.45, 2.75) is 27.2 Å². The molecule has 0 saturated carbocycles. The molecule has 1 aromatic rings. The number of aromatic nitrogens is 2. The molecule has 0 bridgehead atoms. The minimum Gasteiger partial charge on any atom is -0.396 e. The van der Waals surface area contributed by atoms with Gasteiger partial charge in [-0.1, -0.05) is 6.92 Å². The van der Waals surface area contributed by atoms with Crippen LogP contribution in [-0.4, -0.2) is 28.2 Å². The minimum atomic E-state index is 0.238. The Kier molecular flexibility index (Phi) is 4.49. The Bertz CT molecular complexity index is 315. The summed E-state index contributed by atoms with van der Waals surface area (Å²) in [5.74, 6) is 1.25. The van der Waals surface area contributed by atoms with Crippen LogP contribution < -0.4 is 5.32 Å². The number of aryl methyl sites for hydroxylation is 2. The maximum atomic E-state index is 8.76. The van der Waals surface area contributed by atoms with Gasteiger partial charge in [-0.25, -0.2) is 4.98 Å². The molecule has 0 aliphatic rings. The number of nitrogens with zero attached hydrogens (tertiary/aromatic N) is 2. The van der Waals surface area contributed by atoms with E-state index in [9.17, 15) is 0 Å². The summed E-state index contributed by atoms with van der Waals surface area (Å²) in [4.78, 5) is 8.60. The first kappa shape index (κ1) is 11.9. The molecule has 4 heteroatoms. The van der Waals surface area contributed by atoms with Gasteiger partial charge in [0, 0.05) is 13.2 Å². The largest absolute Gasteiger partial charge is 0.396 e. The van der Waals surface area contributed by atoms with Crippen LogP contribution in [0.5, 0.6) is 0 Å².